The second-order valence-electron chi connectivity index (χ2n) is 3.03. The summed E-state index contributed by atoms with van der Waals surface area (Å²) < 4.78 is 4.87. The van der Waals surface area contributed by atoms with E-state index in [0.29, 0.717) is 4.88 Å². The van der Waals surface area contributed by atoms with Crippen LogP contribution in [0, 0.1) is 10.1 Å². The van der Waals surface area contributed by atoms with Gasteiger partial charge >= 0.3 is 5.00 Å². The Hall–Kier alpha value is -1.80. The fourth-order valence-corrected chi connectivity index (χ4v) is 1.79. The van der Waals surface area contributed by atoms with Crippen molar-refractivity contribution in [1.82, 2.24) is 10.1 Å². The summed E-state index contributed by atoms with van der Waals surface area (Å²) in [4.78, 5) is 14.4. The summed E-state index contributed by atoms with van der Waals surface area (Å²) in [5.74, 6) is 0.333. The van der Waals surface area contributed by atoms with Crippen LogP contribution in [-0.4, -0.2) is 20.2 Å². The summed E-state index contributed by atoms with van der Waals surface area (Å²) in [6.45, 7) is 1.51. The van der Waals surface area contributed by atoms with E-state index in [1.807, 2.05) is 0 Å². The molecule has 2 rings (SSSR count). The van der Waals surface area contributed by atoms with Gasteiger partial charge in [-0.05, 0) is 13.0 Å². The van der Waals surface area contributed by atoms with Crippen LogP contribution in [0.3, 0.4) is 0 Å². The zero-order valence-electron chi connectivity index (χ0n) is 8.15. The van der Waals surface area contributed by atoms with E-state index in [0.717, 1.165) is 11.3 Å². The highest BCUT2D eigenvalue weighted by Crippen LogP contribution is 2.31. The van der Waals surface area contributed by atoms with Crippen LogP contribution in [0.2, 0.25) is 0 Å². The molecule has 0 bridgehead atoms. The van der Waals surface area contributed by atoms with Gasteiger partial charge in [0, 0.05) is 6.07 Å². The van der Waals surface area contributed by atoms with Crippen molar-refractivity contribution in [3.63, 3.8) is 0 Å². The average molecular weight is 241 g/mol. The Morgan fingerprint density at radius 1 is 1.62 bits per heavy atom. The van der Waals surface area contributed by atoms with Crippen molar-refractivity contribution in [3.05, 3.63) is 28.1 Å². The molecule has 2 heterocycles. The van der Waals surface area contributed by atoms with Gasteiger partial charge in [-0.25, -0.2) is 0 Å². The van der Waals surface area contributed by atoms with Gasteiger partial charge in [0.2, 0.25) is 0 Å². The first kappa shape index (κ1) is 10.7. The van der Waals surface area contributed by atoms with Gasteiger partial charge in [-0.1, -0.05) is 16.5 Å². The fraction of sp³-hybridized carbons (Fsp3) is 0.250. The maximum atomic E-state index is 10.5. The van der Waals surface area contributed by atoms with Crippen LogP contribution in [0.1, 0.15) is 18.9 Å². The lowest BCUT2D eigenvalue weighted by Crippen LogP contribution is -1.92. The van der Waals surface area contributed by atoms with E-state index in [1.54, 1.807) is 0 Å². The van der Waals surface area contributed by atoms with Crippen LogP contribution in [-0.2, 0) is 0 Å². The summed E-state index contributed by atoms with van der Waals surface area (Å²) in [5.41, 5.74) is 0. The van der Waals surface area contributed by atoms with Crippen molar-refractivity contribution in [1.29, 1.82) is 0 Å². The van der Waals surface area contributed by atoms with Crippen molar-refractivity contribution >= 4 is 16.3 Å². The Balaban J connectivity index is 2.31. The van der Waals surface area contributed by atoms with Gasteiger partial charge in [0.25, 0.3) is 5.89 Å². The summed E-state index contributed by atoms with van der Waals surface area (Å²) >= 11 is 0.942. The van der Waals surface area contributed by atoms with Gasteiger partial charge in [0.05, 0.1) is 9.80 Å². The first-order valence-electron chi connectivity index (χ1n) is 4.34. The molecule has 0 saturated heterocycles. The van der Waals surface area contributed by atoms with Crippen molar-refractivity contribution in [3.8, 4) is 10.8 Å². The molecule has 0 fully saturated rings. The Labute approximate surface area is 93.5 Å². The summed E-state index contributed by atoms with van der Waals surface area (Å²) in [5, 5.41) is 23.2. The van der Waals surface area contributed by atoms with E-state index in [1.165, 1.54) is 19.1 Å². The van der Waals surface area contributed by atoms with E-state index in [2.05, 4.69) is 10.1 Å². The van der Waals surface area contributed by atoms with Crippen molar-refractivity contribution in [2.45, 2.75) is 13.0 Å². The van der Waals surface area contributed by atoms with E-state index >= 15 is 0 Å². The third kappa shape index (κ3) is 1.92. The molecule has 0 aromatic carbocycles. The smallest absolute Gasteiger partial charge is 0.324 e. The van der Waals surface area contributed by atoms with Gasteiger partial charge in [0.1, 0.15) is 6.10 Å². The average Bonchev–Trinajstić information content (AvgIpc) is 2.86. The normalized spacial score (nSPS) is 12.6. The maximum absolute atomic E-state index is 10.5. The summed E-state index contributed by atoms with van der Waals surface area (Å²) in [6.07, 6.45) is -0.826. The van der Waals surface area contributed by atoms with Crippen LogP contribution in [0.5, 0.6) is 0 Å². The molecule has 16 heavy (non-hydrogen) atoms. The molecule has 0 aliphatic rings. The number of rotatable bonds is 3. The number of aliphatic hydroxyl groups excluding tert-OH is 1. The zero-order chi connectivity index (χ0) is 11.7. The van der Waals surface area contributed by atoms with E-state index in [-0.39, 0.29) is 16.7 Å². The maximum Gasteiger partial charge on any atom is 0.324 e. The second kappa shape index (κ2) is 3.99. The Bertz CT molecular complexity index is 519. The standard InChI is InChI=1S/C8H7N3O4S/c1-4(12)7-9-8(15-10-7)5-2-3-6(16-5)11(13)14/h2-4,12H,1H3. The molecular weight excluding hydrogens is 234 g/mol. The van der Waals surface area contributed by atoms with Crippen molar-refractivity contribution < 1.29 is 14.6 Å². The van der Waals surface area contributed by atoms with Crippen LogP contribution < -0.4 is 0 Å². The number of thiophene rings is 1. The van der Waals surface area contributed by atoms with Crippen molar-refractivity contribution in [2.75, 3.05) is 0 Å². The molecule has 0 amide bonds. The van der Waals surface area contributed by atoms with E-state index in [9.17, 15) is 15.2 Å². The molecule has 0 aliphatic carbocycles. The van der Waals surface area contributed by atoms with Gasteiger partial charge in [-0.15, -0.1) is 0 Å². The van der Waals surface area contributed by atoms with Crippen LogP contribution in [0.15, 0.2) is 16.7 Å². The molecular formula is C8H7N3O4S. The van der Waals surface area contributed by atoms with Crippen LogP contribution >= 0.6 is 11.3 Å². The molecule has 0 spiro atoms. The number of nitro groups is 1. The number of nitrogens with zero attached hydrogens (tertiary/aromatic N) is 3. The monoisotopic (exact) mass is 241 g/mol. The number of aliphatic hydroxyl groups is 1. The van der Waals surface area contributed by atoms with Crippen LogP contribution in [0.4, 0.5) is 5.00 Å². The first-order valence-corrected chi connectivity index (χ1v) is 5.16. The highest BCUT2D eigenvalue weighted by atomic mass is 32.1. The third-order valence-corrected chi connectivity index (χ3v) is 2.82. The van der Waals surface area contributed by atoms with Gasteiger partial charge in [-0.2, -0.15) is 4.98 Å². The largest absolute Gasteiger partial charge is 0.385 e. The third-order valence-electron chi connectivity index (χ3n) is 1.80. The number of hydrogen-bond donors (Lipinski definition) is 1. The van der Waals surface area contributed by atoms with E-state index < -0.39 is 11.0 Å². The number of aromatic nitrogens is 2. The molecule has 1 unspecified atom stereocenters. The zero-order valence-corrected chi connectivity index (χ0v) is 8.97. The first-order chi connectivity index (χ1) is 7.58. The highest BCUT2D eigenvalue weighted by molar-refractivity contribution is 7.18. The molecule has 8 heteroatoms. The lowest BCUT2D eigenvalue weighted by molar-refractivity contribution is -0.380. The number of hydrogen-bond acceptors (Lipinski definition) is 7. The molecule has 2 aromatic rings. The van der Waals surface area contributed by atoms with E-state index in [4.69, 9.17) is 4.52 Å². The molecule has 1 atom stereocenters. The van der Waals surface area contributed by atoms with Crippen LogP contribution in [0.25, 0.3) is 10.8 Å². The molecule has 2 aromatic heterocycles. The van der Waals surface area contributed by atoms with Gasteiger partial charge < -0.3 is 9.63 Å². The predicted octanol–water partition coefficient (Wildman–Crippen LogP) is 1.76. The van der Waals surface area contributed by atoms with Gasteiger partial charge in [-0.3, -0.25) is 10.1 Å². The summed E-state index contributed by atoms with van der Waals surface area (Å²) in [7, 11) is 0. The Morgan fingerprint density at radius 3 is 2.88 bits per heavy atom. The minimum atomic E-state index is -0.826. The predicted molar refractivity (Wildman–Crippen MR) is 54.9 cm³/mol. The fourth-order valence-electron chi connectivity index (χ4n) is 1.05. The highest BCUT2D eigenvalue weighted by Gasteiger charge is 2.17. The lowest BCUT2D eigenvalue weighted by Gasteiger charge is -1.91. The SMILES string of the molecule is CC(O)c1noc(-c2ccc([N+](=O)[O-])s2)n1. The quantitative estimate of drug-likeness (QED) is 0.648. The van der Waals surface area contributed by atoms with Crippen molar-refractivity contribution in [2.24, 2.45) is 0 Å². The molecule has 84 valence electrons. The second-order valence-corrected chi connectivity index (χ2v) is 4.09. The molecule has 0 radical (unpaired) electrons. The topological polar surface area (TPSA) is 102 Å². The Morgan fingerprint density at radius 2 is 2.38 bits per heavy atom. The minimum Gasteiger partial charge on any atom is -0.385 e. The van der Waals surface area contributed by atoms with Gasteiger partial charge in [0.15, 0.2) is 5.82 Å². The molecule has 1 N–H and O–H groups in total. The molecule has 0 aliphatic heterocycles. The Kier molecular flexibility index (Phi) is 2.67. The summed E-state index contributed by atoms with van der Waals surface area (Å²) in [6, 6.07) is 2.90. The molecule has 7 nitrogen and oxygen atoms in total. The lowest BCUT2D eigenvalue weighted by atomic mass is 10.4. The minimum absolute atomic E-state index is 0.00629. The molecule has 0 saturated carbocycles.